The van der Waals surface area contributed by atoms with E-state index in [2.05, 4.69) is 4.99 Å². The molecule has 1 aliphatic rings. The molecule has 2 atom stereocenters. The van der Waals surface area contributed by atoms with Gasteiger partial charge in [0, 0.05) is 5.57 Å². The van der Waals surface area contributed by atoms with Crippen LogP contribution >= 0.6 is 0 Å². The van der Waals surface area contributed by atoms with Gasteiger partial charge in [0.25, 0.3) is 0 Å². The third kappa shape index (κ3) is 1.29. The molecule has 0 aromatic rings. The lowest BCUT2D eigenvalue weighted by atomic mass is 10.1. The van der Waals surface area contributed by atoms with Gasteiger partial charge in [0.05, 0.1) is 5.71 Å². The van der Waals surface area contributed by atoms with Gasteiger partial charge in [0.1, 0.15) is 5.83 Å². The van der Waals surface area contributed by atoms with Crippen LogP contribution in [0.2, 0.25) is 0 Å². The Balaban J connectivity index is 3.02. The number of hydrogen-bond donors (Lipinski definition) is 0. The molecule has 2 unspecified atom stereocenters. The number of nitrogens with zero attached hydrogens (tertiary/aromatic N) is 1. The zero-order valence-electron chi connectivity index (χ0n) is 6.24. The largest absolute Gasteiger partial charge is 0.247 e. The zero-order chi connectivity index (χ0) is 8.59. The normalized spacial score (nSPS) is 32.3. The van der Waals surface area contributed by atoms with Crippen LogP contribution in [0.3, 0.4) is 0 Å². The second kappa shape index (κ2) is 2.68. The van der Waals surface area contributed by atoms with Crippen molar-refractivity contribution in [2.24, 2.45) is 4.99 Å². The van der Waals surface area contributed by atoms with Crippen LogP contribution in [0.15, 0.2) is 16.4 Å². The van der Waals surface area contributed by atoms with Gasteiger partial charge in [-0.1, -0.05) is 0 Å². The summed E-state index contributed by atoms with van der Waals surface area (Å²) in [7, 11) is 0. The number of halogens is 3. The summed E-state index contributed by atoms with van der Waals surface area (Å²) < 4.78 is 37.8. The van der Waals surface area contributed by atoms with Crippen molar-refractivity contribution in [3.63, 3.8) is 0 Å². The molecule has 4 heteroatoms. The Bertz CT molecular complexity index is 232. The third-order valence-electron chi connectivity index (χ3n) is 1.64. The van der Waals surface area contributed by atoms with Gasteiger partial charge < -0.3 is 0 Å². The molecule has 11 heavy (non-hydrogen) atoms. The van der Waals surface area contributed by atoms with Crippen LogP contribution in [-0.2, 0) is 0 Å². The maximum Gasteiger partial charge on any atom is 0.225 e. The molecule has 0 N–H and O–H groups in total. The predicted octanol–water partition coefficient (Wildman–Crippen LogP) is 2.34. The lowest BCUT2D eigenvalue weighted by Gasteiger charge is -2.17. The lowest BCUT2D eigenvalue weighted by molar-refractivity contribution is 0.196. The van der Waals surface area contributed by atoms with Gasteiger partial charge in [-0.2, -0.15) is 0 Å². The molecule has 0 bridgehead atoms. The molecule has 1 nitrogen and oxygen atoms in total. The van der Waals surface area contributed by atoms with Crippen molar-refractivity contribution in [3.8, 4) is 0 Å². The molecule has 1 rings (SSSR count). The van der Waals surface area contributed by atoms with Crippen LogP contribution in [0.1, 0.15) is 13.8 Å². The highest BCUT2D eigenvalue weighted by Gasteiger charge is 2.29. The second-order valence-corrected chi connectivity index (χ2v) is 2.49. The summed E-state index contributed by atoms with van der Waals surface area (Å²) in [6, 6.07) is 0. The maximum atomic E-state index is 12.7. The van der Waals surface area contributed by atoms with Crippen molar-refractivity contribution in [2.75, 3.05) is 0 Å². The smallest absolute Gasteiger partial charge is 0.225 e. The van der Waals surface area contributed by atoms with Crippen molar-refractivity contribution < 1.29 is 13.2 Å². The zero-order valence-corrected chi connectivity index (χ0v) is 6.24. The first-order valence-corrected chi connectivity index (χ1v) is 3.23. The van der Waals surface area contributed by atoms with Gasteiger partial charge in [-0.3, -0.25) is 0 Å². The van der Waals surface area contributed by atoms with Crippen LogP contribution in [0.4, 0.5) is 13.2 Å². The highest BCUT2D eigenvalue weighted by molar-refractivity contribution is 5.97. The monoisotopic (exact) mass is 163 g/mol. The van der Waals surface area contributed by atoms with E-state index in [1.165, 1.54) is 13.8 Å². The summed E-state index contributed by atoms with van der Waals surface area (Å²) >= 11 is 0. The Morgan fingerprint density at radius 2 is 1.82 bits per heavy atom. The quantitative estimate of drug-likeness (QED) is 0.486. The van der Waals surface area contributed by atoms with Crippen molar-refractivity contribution in [3.05, 3.63) is 11.4 Å². The van der Waals surface area contributed by atoms with Gasteiger partial charge in [-0.05, 0) is 13.8 Å². The molecule has 0 radical (unpaired) electrons. The maximum absolute atomic E-state index is 12.7. The van der Waals surface area contributed by atoms with Crippen LogP contribution < -0.4 is 0 Å². The molecule has 62 valence electrons. The number of allylic oxidation sites excluding steroid dienone is 1. The Morgan fingerprint density at radius 3 is 2.36 bits per heavy atom. The molecule has 0 aromatic heterocycles. The SMILES string of the molecule is CC1=NC(F)C(F)C(C)=C1F. The van der Waals surface area contributed by atoms with E-state index < -0.39 is 18.3 Å². The first kappa shape index (κ1) is 8.30. The summed E-state index contributed by atoms with van der Waals surface area (Å²) in [4.78, 5) is 3.14. The molecule has 0 fully saturated rings. The van der Waals surface area contributed by atoms with E-state index in [1.54, 1.807) is 0 Å². The molecule has 0 spiro atoms. The minimum Gasteiger partial charge on any atom is -0.247 e. The van der Waals surface area contributed by atoms with Crippen molar-refractivity contribution in [1.82, 2.24) is 0 Å². The van der Waals surface area contributed by atoms with Gasteiger partial charge in [-0.25, -0.2) is 18.2 Å². The molecule has 0 aromatic carbocycles. The molecule has 0 saturated heterocycles. The molecule has 0 aliphatic carbocycles. The highest BCUT2D eigenvalue weighted by atomic mass is 19.2. The van der Waals surface area contributed by atoms with Crippen LogP contribution in [0.25, 0.3) is 0 Å². The second-order valence-electron chi connectivity index (χ2n) is 2.49. The van der Waals surface area contributed by atoms with E-state index in [9.17, 15) is 13.2 Å². The summed E-state index contributed by atoms with van der Waals surface area (Å²) in [5.74, 6) is -0.730. The Labute approximate surface area is 62.6 Å². The van der Waals surface area contributed by atoms with E-state index in [-0.39, 0.29) is 11.3 Å². The number of hydrogen-bond acceptors (Lipinski definition) is 1. The van der Waals surface area contributed by atoms with Crippen LogP contribution in [0.5, 0.6) is 0 Å². The van der Waals surface area contributed by atoms with Crippen molar-refractivity contribution >= 4 is 5.71 Å². The van der Waals surface area contributed by atoms with E-state index in [4.69, 9.17) is 0 Å². The summed E-state index contributed by atoms with van der Waals surface area (Å²) in [5, 5.41) is 0. The Morgan fingerprint density at radius 1 is 1.27 bits per heavy atom. The first-order valence-electron chi connectivity index (χ1n) is 3.23. The van der Waals surface area contributed by atoms with Gasteiger partial charge in [-0.15, -0.1) is 0 Å². The average Bonchev–Trinajstić information content (AvgIpc) is 1.97. The summed E-state index contributed by atoms with van der Waals surface area (Å²) in [6.07, 6.45) is -3.85. The minimum atomic E-state index is -1.94. The van der Waals surface area contributed by atoms with Crippen molar-refractivity contribution in [2.45, 2.75) is 26.3 Å². The topological polar surface area (TPSA) is 12.4 Å². The average molecular weight is 163 g/mol. The van der Waals surface area contributed by atoms with E-state index in [0.29, 0.717) is 0 Å². The Hall–Kier alpha value is -0.800. The third-order valence-corrected chi connectivity index (χ3v) is 1.64. The van der Waals surface area contributed by atoms with E-state index >= 15 is 0 Å². The fraction of sp³-hybridized carbons (Fsp3) is 0.571. The summed E-state index contributed by atoms with van der Waals surface area (Å²) in [6.45, 7) is 2.54. The Kier molecular flexibility index (Phi) is 2.02. The fourth-order valence-corrected chi connectivity index (χ4v) is 0.920. The lowest BCUT2D eigenvalue weighted by Crippen LogP contribution is -2.24. The van der Waals surface area contributed by atoms with Gasteiger partial charge in [0.15, 0.2) is 6.17 Å². The molecule has 1 aliphatic heterocycles. The number of rotatable bonds is 0. The highest BCUT2D eigenvalue weighted by Crippen LogP contribution is 2.25. The molecular formula is C7H8F3N. The number of dihydropyridines is 1. The van der Waals surface area contributed by atoms with Crippen molar-refractivity contribution in [1.29, 1.82) is 0 Å². The van der Waals surface area contributed by atoms with Crippen LogP contribution in [0, 0.1) is 0 Å². The molecule has 0 amide bonds. The standard InChI is InChI=1S/C7H8F3N/c1-3-5(8)4(2)11-7(10)6(3)9/h6-7H,1-2H3. The number of aliphatic imine (C=N–C) groups is 1. The molecule has 1 heterocycles. The number of alkyl halides is 2. The van der Waals surface area contributed by atoms with Gasteiger partial charge >= 0.3 is 0 Å². The predicted molar refractivity (Wildman–Crippen MR) is 36.7 cm³/mol. The van der Waals surface area contributed by atoms with Gasteiger partial charge in [0.2, 0.25) is 6.30 Å². The fourth-order valence-electron chi connectivity index (χ4n) is 0.920. The van der Waals surface area contributed by atoms with E-state index in [1.807, 2.05) is 0 Å². The van der Waals surface area contributed by atoms with E-state index in [0.717, 1.165) is 0 Å². The molecular weight excluding hydrogens is 155 g/mol. The minimum absolute atomic E-state index is 0.0658. The summed E-state index contributed by atoms with van der Waals surface area (Å²) in [5.41, 5.74) is -0.270. The molecule has 0 saturated carbocycles. The first-order chi connectivity index (χ1) is 5.04. The van der Waals surface area contributed by atoms with Crippen LogP contribution in [-0.4, -0.2) is 18.2 Å².